The van der Waals surface area contributed by atoms with Crippen LogP contribution in [0.4, 0.5) is 5.69 Å². The number of nitrogens with one attached hydrogen (secondary N) is 1. The van der Waals surface area contributed by atoms with Gasteiger partial charge in [0.25, 0.3) is 5.91 Å². The molecule has 21 heavy (non-hydrogen) atoms. The van der Waals surface area contributed by atoms with E-state index in [0.717, 1.165) is 11.4 Å². The smallest absolute Gasteiger partial charge is 0.264 e. The third kappa shape index (κ3) is 3.25. The van der Waals surface area contributed by atoms with E-state index >= 15 is 0 Å². The number of thioether (sulfide) groups is 1. The van der Waals surface area contributed by atoms with Gasteiger partial charge in [0.1, 0.15) is 11.5 Å². The Kier molecular flexibility index (Phi) is 3.66. The molecule has 4 nitrogen and oxygen atoms in total. The molecule has 0 bridgehead atoms. The summed E-state index contributed by atoms with van der Waals surface area (Å²) in [6.45, 7) is 3.89. The summed E-state index contributed by atoms with van der Waals surface area (Å²) in [6.07, 6.45) is 1.73. The molecule has 1 N–H and O–H groups in total. The average Bonchev–Trinajstić information content (AvgIpc) is 3.00. The topological polar surface area (TPSA) is 54.6 Å². The molecular weight excluding hydrogens is 284 g/mol. The van der Waals surface area contributed by atoms with Gasteiger partial charge in [-0.3, -0.25) is 4.79 Å². The second kappa shape index (κ2) is 5.61. The molecule has 0 saturated carbocycles. The Morgan fingerprint density at radius 1 is 1.14 bits per heavy atom. The molecule has 5 heteroatoms. The van der Waals surface area contributed by atoms with Gasteiger partial charge >= 0.3 is 0 Å². The van der Waals surface area contributed by atoms with E-state index in [1.54, 1.807) is 6.08 Å². The van der Waals surface area contributed by atoms with Crippen molar-refractivity contribution in [1.29, 1.82) is 0 Å². The van der Waals surface area contributed by atoms with Gasteiger partial charge in [-0.1, -0.05) is 17.7 Å². The SMILES string of the molecule is Cc1ccc(N=C2NC(=O)/C(=C\c3ccc(C)o3)S2)cc1. The number of nitrogens with zero attached hydrogens (tertiary/aromatic N) is 1. The first-order valence-corrected chi connectivity index (χ1v) is 7.34. The third-order valence-electron chi connectivity index (χ3n) is 2.95. The molecule has 1 aliphatic heterocycles. The zero-order chi connectivity index (χ0) is 14.8. The number of aryl methyl sites for hydroxylation is 2. The van der Waals surface area contributed by atoms with Crippen LogP contribution in [-0.2, 0) is 4.79 Å². The zero-order valence-corrected chi connectivity index (χ0v) is 12.5. The van der Waals surface area contributed by atoms with E-state index < -0.39 is 0 Å². The Hall–Kier alpha value is -2.27. The van der Waals surface area contributed by atoms with E-state index in [-0.39, 0.29) is 5.91 Å². The molecule has 1 fully saturated rings. The number of carbonyl (C=O) groups is 1. The monoisotopic (exact) mass is 298 g/mol. The quantitative estimate of drug-likeness (QED) is 0.858. The first-order valence-electron chi connectivity index (χ1n) is 6.53. The molecule has 0 radical (unpaired) electrons. The van der Waals surface area contributed by atoms with Gasteiger partial charge in [0, 0.05) is 6.08 Å². The van der Waals surface area contributed by atoms with Crippen LogP contribution >= 0.6 is 11.8 Å². The summed E-state index contributed by atoms with van der Waals surface area (Å²) in [7, 11) is 0. The molecule has 2 heterocycles. The number of furan rings is 1. The Bertz CT molecular complexity index is 742. The molecule has 1 saturated heterocycles. The molecule has 0 spiro atoms. The van der Waals surface area contributed by atoms with Crippen molar-refractivity contribution in [3.8, 4) is 0 Å². The minimum Gasteiger partial charge on any atom is -0.462 e. The molecule has 0 atom stereocenters. The van der Waals surface area contributed by atoms with Gasteiger partial charge in [0.2, 0.25) is 0 Å². The van der Waals surface area contributed by atoms with Crippen molar-refractivity contribution in [1.82, 2.24) is 5.32 Å². The Morgan fingerprint density at radius 2 is 1.90 bits per heavy atom. The summed E-state index contributed by atoms with van der Waals surface area (Å²) in [4.78, 5) is 16.9. The van der Waals surface area contributed by atoms with Crippen molar-refractivity contribution >= 4 is 34.6 Å². The molecule has 0 aliphatic carbocycles. The molecule has 2 aromatic rings. The van der Waals surface area contributed by atoms with Crippen LogP contribution in [0.1, 0.15) is 17.1 Å². The van der Waals surface area contributed by atoms with Crippen molar-refractivity contribution in [3.63, 3.8) is 0 Å². The van der Waals surface area contributed by atoms with Gasteiger partial charge in [-0.15, -0.1) is 0 Å². The van der Waals surface area contributed by atoms with Gasteiger partial charge in [-0.05, 0) is 49.9 Å². The number of hydrogen-bond donors (Lipinski definition) is 1. The Labute approximate surface area is 127 Å². The van der Waals surface area contributed by atoms with Crippen LogP contribution in [0.15, 0.2) is 50.7 Å². The molecular formula is C16H14N2O2S. The predicted molar refractivity (Wildman–Crippen MR) is 85.4 cm³/mol. The van der Waals surface area contributed by atoms with E-state index in [2.05, 4.69) is 10.3 Å². The molecule has 0 unspecified atom stereocenters. The molecule has 106 valence electrons. The lowest BCUT2D eigenvalue weighted by molar-refractivity contribution is -0.115. The standard InChI is InChI=1S/C16H14N2O2S/c1-10-3-6-12(7-4-10)17-16-18-15(19)14(21-16)9-13-8-5-11(2)20-13/h3-9H,1-2H3,(H,17,18,19)/b14-9+. The van der Waals surface area contributed by atoms with Crippen LogP contribution in [0.2, 0.25) is 0 Å². The highest BCUT2D eigenvalue weighted by Gasteiger charge is 2.24. The van der Waals surface area contributed by atoms with Crippen LogP contribution in [0, 0.1) is 13.8 Å². The summed E-state index contributed by atoms with van der Waals surface area (Å²) in [5, 5.41) is 3.34. The molecule has 1 aromatic carbocycles. The summed E-state index contributed by atoms with van der Waals surface area (Å²) in [6, 6.07) is 11.5. The summed E-state index contributed by atoms with van der Waals surface area (Å²) >= 11 is 1.31. The number of amides is 1. The lowest BCUT2D eigenvalue weighted by atomic mass is 10.2. The van der Waals surface area contributed by atoms with Gasteiger partial charge < -0.3 is 9.73 Å². The average molecular weight is 298 g/mol. The lowest BCUT2D eigenvalue weighted by Gasteiger charge is -1.96. The number of hydrogen-bond acceptors (Lipinski definition) is 4. The van der Waals surface area contributed by atoms with Crippen LogP contribution in [0.25, 0.3) is 6.08 Å². The van der Waals surface area contributed by atoms with E-state index in [0.29, 0.717) is 15.8 Å². The minimum atomic E-state index is -0.153. The van der Waals surface area contributed by atoms with Crippen LogP contribution in [0.5, 0.6) is 0 Å². The largest absolute Gasteiger partial charge is 0.462 e. The highest BCUT2D eigenvalue weighted by molar-refractivity contribution is 8.18. The second-order valence-corrected chi connectivity index (χ2v) is 5.80. The molecule has 1 amide bonds. The number of amidine groups is 1. The van der Waals surface area contributed by atoms with Crippen molar-refractivity contribution < 1.29 is 9.21 Å². The number of aliphatic imine (C=N–C) groups is 1. The van der Waals surface area contributed by atoms with Gasteiger partial charge in [-0.25, -0.2) is 4.99 Å². The van der Waals surface area contributed by atoms with E-state index in [1.807, 2.05) is 50.2 Å². The first kappa shape index (κ1) is 13.7. The lowest BCUT2D eigenvalue weighted by Crippen LogP contribution is -2.19. The van der Waals surface area contributed by atoms with Gasteiger partial charge in [0.05, 0.1) is 10.6 Å². The van der Waals surface area contributed by atoms with Gasteiger partial charge in [-0.2, -0.15) is 0 Å². The minimum absolute atomic E-state index is 0.153. The number of carbonyl (C=O) groups excluding carboxylic acids is 1. The number of rotatable bonds is 2. The molecule has 1 aliphatic rings. The summed E-state index contributed by atoms with van der Waals surface area (Å²) in [5.74, 6) is 1.33. The fourth-order valence-corrected chi connectivity index (χ4v) is 2.70. The molecule has 3 rings (SSSR count). The first-order chi connectivity index (χ1) is 10.1. The van der Waals surface area contributed by atoms with Crippen molar-refractivity contribution in [2.75, 3.05) is 0 Å². The van der Waals surface area contributed by atoms with E-state index in [4.69, 9.17) is 4.42 Å². The van der Waals surface area contributed by atoms with Crippen LogP contribution in [-0.4, -0.2) is 11.1 Å². The van der Waals surface area contributed by atoms with Crippen LogP contribution < -0.4 is 5.32 Å². The van der Waals surface area contributed by atoms with Crippen molar-refractivity contribution in [2.24, 2.45) is 4.99 Å². The maximum Gasteiger partial charge on any atom is 0.264 e. The maximum absolute atomic E-state index is 11.9. The van der Waals surface area contributed by atoms with Crippen molar-refractivity contribution in [3.05, 3.63) is 58.4 Å². The zero-order valence-electron chi connectivity index (χ0n) is 11.7. The van der Waals surface area contributed by atoms with Gasteiger partial charge in [0.15, 0.2) is 5.17 Å². The predicted octanol–water partition coefficient (Wildman–Crippen LogP) is 3.79. The fraction of sp³-hybridized carbons (Fsp3) is 0.125. The number of benzene rings is 1. The van der Waals surface area contributed by atoms with E-state index in [1.165, 1.54) is 17.3 Å². The third-order valence-corrected chi connectivity index (χ3v) is 3.86. The normalized spacial score (nSPS) is 18.5. The second-order valence-electron chi connectivity index (χ2n) is 4.77. The van der Waals surface area contributed by atoms with E-state index in [9.17, 15) is 4.79 Å². The maximum atomic E-state index is 11.9. The fourth-order valence-electron chi connectivity index (χ4n) is 1.88. The van der Waals surface area contributed by atoms with Crippen LogP contribution in [0.3, 0.4) is 0 Å². The Balaban J connectivity index is 1.81. The molecule has 1 aromatic heterocycles. The van der Waals surface area contributed by atoms with Crippen molar-refractivity contribution in [2.45, 2.75) is 13.8 Å². The summed E-state index contributed by atoms with van der Waals surface area (Å²) in [5.41, 5.74) is 1.99. The highest BCUT2D eigenvalue weighted by Crippen LogP contribution is 2.28. The summed E-state index contributed by atoms with van der Waals surface area (Å²) < 4.78 is 5.45. The highest BCUT2D eigenvalue weighted by atomic mass is 32.2. The Morgan fingerprint density at radius 3 is 2.57 bits per heavy atom.